The normalized spacial score (nSPS) is 16.8. The number of fused-ring (bicyclic) bond motifs is 2. The molecule has 0 N–H and O–H groups in total. The minimum absolute atomic E-state index is 0. The molecule has 310 valence electrons. The first-order valence-electron chi connectivity index (χ1n) is 20.9. The van der Waals surface area contributed by atoms with Crippen LogP contribution in [0.2, 0.25) is 0 Å². The zero-order chi connectivity index (χ0) is 43.0. The van der Waals surface area contributed by atoms with Crippen LogP contribution in [0.5, 0.6) is 0 Å². The van der Waals surface area contributed by atoms with Gasteiger partial charge in [-0.2, -0.15) is 6.42 Å². The predicted molar refractivity (Wildman–Crippen MR) is 255 cm³/mol. The first-order chi connectivity index (χ1) is 27.9. The number of benzene rings is 6. The third kappa shape index (κ3) is 12.3. The molecule has 8 rings (SSSR count). The van der Waals surface area contributed by atoms with Crippen molar-refractivity contribution >= 4 is 57.4 Å². The van der Waals surface area contributed by atoms with E-state index < -0.39 is 7.32 Å². The fraction of sp³-hybridized carbons (Fsp3) is 0.353. The largest absolute Gasteiger partial charge is 1.00 e. The van der Waals surface area contributed by atoms with Gasteiger partial charge in [0.2, 0.25) is 0 Å². The van der Waals surface area contributed by atoms with Gasteiger partial charge >= 0.3 is 33.3 Å². The van der Waals surface area contributed by atoms with E-state index >= 15 is 0 Å². The summed E-state index contributed by atoms with van der Waals surface area (Å²) >= 11 is 3.47. The fourth-order valence-corrected chi connectivity index (χ4v) is 6.71. The molecule has 9 heteroatoms. The molecule has 0 aliphatic carbocycles. The Morgan fingerprint density at radius 3 is 1.32 bits per heavy atom. The molecule has 6 aromatic carbocycles. The minimum Gasteiger partial charge on any atom is -0.399 e. The van der Waals surface area contributed by atoms with Gasteiger partial charge in [0, 0.05) is 10.6 Å². The Morgan fingerprint density at radius 1 is 0.550 bits per heavy atom. The summed E-state index contributed by atoms with van der Waals surface area (Å²) in [4.78, 5) is 0. The van der Waals surface area contributed by atoms with Crippen molar-refractivity contribution in [3.63, 3.8) is 0 Å². The Balaban J connectivity index is 0.000000198. The molecule has 2 fully saturated rings. The molecule has 5 nitrogen and oxygen atoms in total. The SMILES string of the molecule is Brc1ccc(-c2cccc3ccccc23)cc1.CC(C)OB1OC(C)(C)C(C)(C)O1.CC1(C)OB(c2ccc(-c3cccc4ccccc34)cc2)OC1(C)C.[CH2-]CCC.[Li+]. The van der Waals surface area contributed by atoms with Crippen molar-refractivity contribution in [1.29, 1.82) is 0 Å². The van der Waals surface area contributed by atoms with E-state index in [0.29, 0.717) is 0 Å². The van der Waals surface area contributed by atoms with Gasteiger partial charge in [-0.15, -0.1) is 0 Å². The molecule has 0 radical (unpaired) electrons. The van der Waals surface area contributed by atoms with Crippen LogP contribution < -0.4 is 24.3 Å². The standard InChI is InChI=1S/C22H23BO2.C16H11Br.C9H19BO3.C4H9.Li/c1-21(2)22(3,4)25-23(24-21)18-14-12-17(13-15-18)20-11-7-9-16-8-5-6-10-19(16)20;17-14-10-8-13(9-11-14)16-7-3-5-12-4-1-2-6-15(12)16;1-7(2)11-10-12-8(3,4)9(5,6)13-10;1-3-4-2;/h5-15H,1-4H3;1-11H;7H,1-6H3;1,3-4H2,2H3;/q;;;-1;+1. The summed E-state index contributed by atoms with van der Waals surface area (Å²) in [7, 11) is -0.837. The number of halogens is 1. The van der Waals surface area contributed by atoms with E-state index in [9.17, 15) is 0 Å². The van der Waals surface area contributed by atoms with Gasteiger partial charge in [0.25, 0.3) is 0 Å². The van der Waals surface area contributed by atoms with Gasteiger partial charge in [0.15, 0.2) is 0 Å². The third-order valence-corrected chi connectivity index (χ3v) is 12.0. The molecule has 60 heavy (non-hydrogen) atoms. The van der Waals surface area contributed by atoms with Crippen LogP contribution in [-0.2, 0) is 23.3 Å². The minimum atomic E-state index is -0.523. The van der Waals surface area contributed by atoms with Crippen LogP contribution in [0.4, 0.5) is 0 Å². The van der Waals surface area contributed by atoms with Gasteiger partial charge in [-0.3, -0.25) is 0 Å². The van der Waals surface area contributed by atoms with Crippen molar-refractivity contribution in [1.82, 2.24) is 0 Å². The molecule has 6 aromatic rings. The Hall–Kier alpha value is -3.15. The number of unbranched alkanes of at least 4 members (excludes halogenated alkanes) is 1. The summed E-state index contributed by atoms with van der Waals surface area (Å²) in [6.45, 7) is 26.0. The second-order valence-electron chi connectivity index (χ2n) is 17.4. The Kier molecular flexibility index (Phi) is 17.6. The van der Waals surface area contributed by atoms with Crippen molar-refractivity contribution in [3.05, 3.63) is 145 Å². The van der Waals surface area contributed by atoms with Crippen molar-refractivity contribution in [3.8, 4) is 22.3 Å². The molecule has 0 spiro atoms. The van der Waals surface area contributed by atoms with E-state index in [1.807, 2.05) is 41.5 Å². The van der Waals surface area contributed by atoms with Crippen molar-refractivity contribution in [2.24, 2.45) is 0 Å². The van der Waals surface area contributed by atoms with Crippen LogP contribution in [0.15, 0.2) is 138 Å². The maximum absolute atomic E-state index is 6.14. The van der Waals surface area contributed by atoms with Crippen LogP contribution in [0, 0.1) is 6.92 Å². The summed E-state index contributed by atoms with van der Waals surface area (Å²) in [6, 6.07) is 46.8. The Morgan fingerprint density at radius 2 is 0.917 bits per heavy atom. The molecule has 0 aromatic heterocycles. The zero-order valence-electron chi connectivity index (χ0n) is 38.0. The third-order valence-electron chi connectivity index (χ3n) is 11.5. The molecule has 0 saturated carbocycles. The van der Waals surface area contributed by atoms with E-state index in [4.69, 9.17) is 23.3 Å². The van der Waals surface area contributed by atoms with E-state index in [0.717, 1.165) is 16.4 Å². The van der Waals surface area contributed by atoms with E-state index in [2.05, 4.69) is 191 Å². The second-order valence-corrected chi connectivity index (χ2v) is 18.3. The maximum Gasteiger partial charge on any atom is 1.00 e. The van der Waals surface area contributed by atoms with Crippen LogP contribution in [0.25, 0.3) is 43.8 Å². The number of rotatable bonds is 6. The summed E-state index contributed by atoms with van der Waals surface area (Å²) in [5.74, 6) is 0. The van der Waals surface area contributed by atoms with Crippen LogP contribution in [-0.4, -0.2) is 42.9 Å². The van der Waals surface area contributed by atoms with Gasteiger partial charge in [-0.1, -0.05) is 151 Å². The zero-order valence-corrected chi connectivity index (χ0v) is 39.6. The summed E-state index contributed by atoms with van der Waals surface area (Å²) in [5, 5.41) is 5.12. The first-order valence-corrected chi connectivity index (χ1v) is 21.6. The molecular formula is C51H62B2BrLiO5. The van der Waals surface area contributed by atoms with E-state index in [1.54, 1.807) is 0 Å². The molecule has 2 aliphatic rings. The van der Waals surface area contributed by atoms with Crippen LogP contribution >= 0.6 is 15.9 Å². The van der Waals surface area contributed by atoms with Crippen LogP contribution in [0.1, 0.15) is 89.0 Å². The summed E-state index contributed by atoms with van der Waals surface area (Å²) in [6.07, 6.45) is 2.40. The number of hydrogen-bond acceptors (Lipinski definition) is 5. The second kappa shape index (κ2) is 21.3. The Labute approximate surface area is 381 Å². The molecular weight excluding hydrogens is 801 g/mol. The van der Waals surface area contributed by atoms with Gasteiger partial charge in [-0.25, -0.2) is 0 Å². The summed E-state index contributed by atoms with van der Waals surface area (Å²) in [5.41, 5.74) is 4.83. The molecule has 0 bridgehead atoms. The first kappa shape index (κ1) is 49.5. The smallest absolute Gasteiger partial charge is 0.399 e. The average molecular weight is 864 g/mol. The van der Waals surface area contributed by atoms with E-state index in [-0.39, 0.29) is 54.5 Å². The molecule has 2 heterocycles. The van der Waals surface area contributed by atoms with E-state index in [1.165, 1.54) is 50.2 Å². The summed E-state index contributed by atoms with van der Waals surface area (Å²) < 4.78 is 30.1. The molecule has 2 aliphatic heterocycles. The quantitative estimate of drug-likeness (QED) is 0.123. The topological polar surface area (TPSA) is 46.2 Å². The van der Waals surface area contributed by atoms with Gasteiger partial charge in [0.05, 0.1) is 22.4 Å². The molecule has 0 unspecified atom stereocenters. The van der Waals surface area contributed by atoms with Crippen molar-refractivity contribution in [2.45, 2.75) is 118 Å². The fourth-order valence-electron chi connectivity index (χ4n) is 6.45. The Bertz CT molecular complexity index is 2210. The van der Waals surface area contributed by atoms with Crippen molar-refractivity contribution in [2.75, 3.05) is 0 Å². The molecule has 0 atom stereocenters. The molecule has 0 amide bonds. The molecule has 2 saturated heterocycles. The van der Waals surface area contributed by atoms with Gasteiger partial charge < -0.3 is 30.2 Å². The monoisotopic (exact) mass is 862 g/mol. The predicted octanol–water partition coefficient (Wildman–Crippen LogP) is 10.7. The maximum atomic E-state index is 6.14. The van der Waals surface area contributed by atoms with Crippen LogP contribution in [0.3, 0.4) is 0 Å². The van der Waals surface area contributed by atoms with Gasteiger partial charge in [-0.05, 0) is 131 Å². The van der Waals surface area contributed by atoms with Gasteiger partial charge in [0.1, 0.15) is 0 Å². The van der Waals surface area contributed by atoms with Crippen molar-refractivity contribution < 1.29 is 42.1 Å². The number of hydrogen-bond donors (Lipinski definition) is 0. The average Bonchev–Trinajstić information content (AvgIpc) is 3.56.